The molecule has 2 aromatic carbocycles. The van der Waals surface area contributed by atoms with Gasteiger partial charge in [0.25, 0.3) is 0 Å². The Morgan fingerprint density at radius 2 is 0.972 bits per heavy atom. The zero-order valence-electron chi connectivity index (χ0n) is 19.3. The first-order valence-corrected chi connectivity index (χ1v) is 10.1. The SMILES string of the molecule is COc1ccc(-n2ccnc2-c2cccc(-c3nccn3-c3ccc(OC)cc3)n2)cc1.[Cl-].[Cl-].[Cl-].[V]. The summed E-state index contributed by atoms with van der Waals surface area (Å²) in [5, 5.41) is 0. The minimum absolute atomic E-state index is 0. The predicted molar refractivity (Wildman–Crippen MR) is 122 cm³/mol. The Morgan fingerprint density at radius 3 is 1.33 bits per heavy atom. The monoisotopic (exact) mass is 579 g/mol. The normalized spacial score (nSPS) is 9.61. The van der Waals surface area contributed by atoms with Crippen LogP contribution in [0.5, 0.6) is 11.5 Å². The van der Waals surface area contributed by atoms with Gasteiger partial charge in [-0.3, -0.25) is 9.13 Å². The molecule has 0 bridgehead atoms. The van der Waals surface area contributed by atoms with Gasteiger partial charge in [0, 0.05) is 54.7 Å². The van der Waals surface area contributed by atoms with Gasteiger partial charge in [-0.25, -0.2) is 15.0 Å². The van der Waals surface area contributed by atoms with Gasteiger partial charge in [0.1, 0.15) is 22.9 Å². The van der Waals surface area contributed by atoms with Crippen LogP contribution in [0.15, 0.2) is 91.5 Å². The first-order valence-electron chi connectivity index (χ1n) is 10.1. The second kappa shape index (κ2) is 14.0. The molecule has 3 aromatic heterocycles. The fourth-order valence-corrected chi connectivity index (χ4v) is 3.57. The van der Waals surface area contributed by atoms with Crippen LogP contribution in [0.25, 0.3) is 34.4 Å². The molecule has 1 radical (unpaired) electrons. The molecule has 0 spiro atoms. The standard InChI is InChI=1S/C25H21N5O2.3ClH.V/c1-31-20-10-6-18(7-11-20)29-16-14-26-24(29)22-4-3-5-23(28-22)25-27-15-17-30(25)19-8-12-21(32-2)13-9-19;;;;/h3-17H,1-2H3;3*1H;/p-3. The Labute approximate surface area is 240 Å². The summed E-state index contributed by atoms with van der Waals surface area (Å²) in [4.78, 5) is 14.0. The molecule has 0 aliphatic heterocycles. The molecule has 0 aliphatic carbocycles. The van der Waals surface area contributed by atoms with E-state index in [0.717, 1.165) is 45.9 Å². The maximum atomic E-state index is 5.27. The molecular weight excluding hydrogens is 560 g/mol. The molecule has 5 aromatic rings. The van der Waals surface area contributed by atoms with Crippen LogP contribution in [0, 0.1) is 0 Å². The van der Waals surface area contributed by atoms with Crippen molar-refractivity contribution in [2.24, 2.45) is 0 Å². The zero-order valence-corrected chi connectivity index (χ0v) is 23.0. The molecular formula is C25H21Cl3N5O2V-3. The van der Waals surface area contributed by atoms with Gasteiger partial charge in [-0.05, 0) is 60.7 Å². The second-order valence-corrected chi connectivity index (χ2v) is 7.05. The van der Waals surface area contributed by atoms with Crippen molar-refractivity contribution in [1.82, 2.24) is 24.1 Å². The van der Waals surface area contributed by atoms with E-state index in [2.05, 4.69) is 9.97 Å². The van der Waals surface area contributed by atoms with Crippen molar-refractivity contribution in [1.29, 1.82) is 0 Å². The Morgan fingerprint density at radius 1 is 0.583 bits per heavy atom. The quantitative estimate of drug-likeness (QED) is 0.204. The molecule has 11 heteroatoms. The summed E-state index contributed by atoms with van der Waals surface area (Å²) in [5.41, 5.74) is 3.47. The third-order valence-corrected chi connectivity index (χ3v) is 5.19. The van der Waals surface area contributed by atoms with Crippen molar-refractivity contribution in [3.8, 4) is 45.9 Å². The van der Waals surface area contributed by atoms with E-state index in [1.54, 1.807) is 26.6 Å². The number of pyridine rings is 1. The van der Waals surface area contributed by atoms with E-state index >= 15 is 0 Å². The van der Waals surface area contributed by atoms with E-state index in [4.69, 9.17) is 14.5 Å². The van der Waals surface area contributed by atoms with Crippen LogP contribution < -0.4 is 46.7 Å². The molecule has 187 valence electrons. The largest absolute Gasteiger partial charge is 1.00 e. The Hall–Kier alpha value is -2.94. The summed E-state index contributed by atoms with van der Waals surface area (Å²) in [7, 11) is 3.31. The smallest absolute Gasteiger partial charge is 0.163 e. The Kier molecular flexibility index (Phi) is 12.1. The van der Waals surface area contributed by atoms with Crippen LogP contribution in [0.1, 0.15) is 0 Å². The van der Waals surface area contributed by atoms with E-state index in [1.165, 1.54) is 0 Å². The number of imidazole rings is 2. The van der Waals surface area contributed by atoms with Crippen molar-refractivity contribution in [2.45, 2.75) is 0 Å². The number of rotatable bonds is 6. The topological polar surface area (TPSA) is 67.0 Å². The van der Waals surface area contributed by atoms with E-state index in [0.29, 0.717) is 0 Å². The molecule has 0 saturated carbocycles. The van der Waals surface area contributed by atoms with Gasteiger partial charge < -0.3 is 46.7 Å². The predicted octanol–water partition coefficient (Wildman–Crippen LogP) is -4.19. The van der Waals surface area contributed by atoms with E-state index in [-0.39, 0.29) is 55.8 Å². The number of ether oxygens (including phenoxy) is 2. The van der Waals surface area contributed by atoms with E-state index in [1.807, 2.05) is 88.3 Å². The maximum absolute atomic E-state index is 5.27. The summed E-state index contributed by atoms with van der Waals surface area (Å²) in [6.07, 6.45) is 7.38. The van der Waals surface area contributed by atoms with Gasteiger partial charge in [0.15, 0.2) is 11.6 Å². The fraction of sp³-hybridized carbons (Fsp3) is 0.0800. The molecule has 0 unspecified atom stereocenters. The summed E-state index contributed by atoms with van der Waals surface area (Å²) < 4.78 is 14.5. The van der Waals surface area contributed by atoms with Crippen molar-refractivity contribution in [3.05, 3.63) is 91.5 Å². The van der Waals surface area contributed by atoms with Crippen LogP contribution in [-0.4, -0.2) is 38.3 Å². The minimum atomic E-state index is 0. The summed E-state index contributed by atoms with van der Waals surface area (Å²) in [6, 6.07) is 21.5. The van der Waals surface area contributed by atoms with Gasteiger partial charge in [-0.2, -0.15) is 0 Å². The average Bonchev–Trinajstić information content (AvgIpc) is 3.54. The van der Waals surface area contributed by atoms with Crippen molar-refractivity contribution in [2.75, 3.05) is 14.2 Å². The van der Waals surface area contributed by atoms with Gasteiger partial charge in [-0.15, -0.1) is 0 Å². The molecule has 36 heavy (non-hydrogen) atoms. The third-order valence-electron chi connectivity index (χ3n) is 5.19. The van der Waals surface area contributed by atoms with Gasteiger partial charge in [-0.1, -0.05) is 6.07 Å². The molecule has 0 fully saturated rings. The van der Waals surface area contributed by atoms with Gasteiger partial charge in [0.2, 0.25) is 0 Å². The van der Waals surface area contributed by atoms with Crippen LogP contribution in [0.3, 0.4) is 0 Å². The first kappa shape index (κ1) is 31.1. The summed E-state index contributed by atoms with van der Waals surface area (Å²) in [5.74, 6) is 3.11. The van der Waals surface area contributed by atoms with Crippen LogP contribution >= 0.6 is 0 Å². The molecule has 0 amide bonds. The second-order valence-electron chi connectivity index (χ2n) is 7.05. The van der Waals surface area contributed by atoms with E-state index < -0.39 is 0 Å². The van der Waals surface area contributed by atoms with Crippen LogP contribution in [0.4, 0.5) is 0 Å². The summed E-state index contributed by atoms with van der Waals surface area (Å²) >= 11 is 0. The molecule has 0 atom stereocenters. The zero-order chi connectivity index (χ0) is 21.9. The number of methoxy groups -OCH3 is 2. The molecule has 0 aliphatic rings. The average molecular weight is 581 g/mol. The number of aromatic nitrogens is 5. The fourth-order valence-electron chi connectivity index (χ4n) is 3.57. The van der Waals surface area contributed by atoms with Crippen LogP contribution in [-0.2, 0) is 18.6 Å². The van der Waals surface area contributed by atoms with Crippen LogP contribution in [0.2, 0.25) is 0 Å². The number of hydrogen-bond acceptors (Lipinski definition) is 5. The van der Waals surface area contributed by atoms with Gasteiger partial charge >= 0.3 is 0 Å². The molecule has 0 N–H and O–H groups in total. The Balaban J connectivity index is 0.00000162. The third kappa shape index (κ3) is 6.24. The minimum Gasteiger partial charge on any atom is -1.00 e. The molecule has 7 nitrogen and oxygen atoms in total. The number of halogens is 3. The number of nitrogens with zero attached hydrogens (tertiary/aromatic N) is 5. The molecule has 3 heterocycles. The van der Waals surface area contributed by atoms with Crippen molar-refractivity contribution < 1.29 is 65.3 Å². The number of benzene rings is 2. The maximum Gasteiger partial charge on any atom is 0.163 e. The van der Waals surface area contributed by atoms with Gasteiger partial charge in [0.05, 0.1) is 14.2 Å². The first-order chi connectivity index (χ1) is 15.8. The van der Waals surface area contributed by atoms with E-state index in [9.17, 15) is 0 Å². The molecule has 5 rings (SSSR count). The number of hydrogen-bond donors (Lipinski definition) is 0. The van der Waals surface area contributed by atoms with Crippen molar-refractivity contribution in [3.63, 3.8) is 0 Å². The van der Waals surface area contributed by atoms with Crippen molar-refractivity contribution >= 4 is 0 Å². The molecule has 0 saturated heterocycles. The summed E-state index contributed by atoms with van der Waals surface area (Å²) in [6.45, 7) is 0. The Bertz CT molecular complexity index is 1260.